The number of carbonyl (C=O) groups is 3. The molecule has 3 rings (SSSR count). The van der Waals surface area contributed by atoms with Gasteiger partial charge in [0.2, 0.25) is 0 Å². The fraction of sp³-hybridized carbons (Fsp3) is 0.368. The largest absolute Gasteiger partial charge is 0.366 e. The number of nitrogens with two attached hydrogens (primary N) is 1. The summed E-state index contributed by atoms with van der Waals surface area (Å²) < 4.78 is 0. The summed E-state index contributed by atoms with van der Waals surface area (Å²) >= 11 is 1.23. The molecule has 0 aliphatic carbocycles. The molecular weight excluding hydrogens is 364 g/mol. The van der Waals surface area contributed by atoms with E-state index >= 15 is 0 Å². The van der Waals surface area contributed by atoms with Gasteiger partial charge in [0, 0.05) is 30.5 Å². The summed E-state index contributed by atoms with van der Waals surface area (Å²) in [6.45, 7) is 4.57. The average molecular weight is 386 g/mol. The van der Waals surface area contributed by atoms with Crippen LogP contribution in [0, 0.1) is 5.92 Å². The van der Waals surface area contributed by atoms with Crippen molar-refractivity contribution in [1.29, 1.82) is 0 Å². The molecule has 1 aliphatic heterocycles. The van der Waals surface area contributed by atoms with Crippen LogP contribution in [0.15, 0.2) is 12.1 Å². The fourth-order valence-electron chi connectivity index (χ4n) is 3.26. The lowest BCUT2D eigenvalue weighted by Crippen LogP contribution is -2.34. The highest BCUT2D eigenvalue weighted by molar-refractivity contribution is 7.17. The number of thiophene rings is 1. The monoisotopic (exact) mass is 386 g/mol. The second-order valence-corrected chi connectivity index (χ2v) is 7.93. The molecular formula is C19H22N4O3S. The summed E-state index contributed by atoms with van der Waals surface area (Å²) in [5.41, 5.74) is 8.13. The molecule has 1 aliphatic rings. The highest BCUT2D eigenvalue weighted by Crippen LogP contribution is 2.37. The van der Waals surface area contributed by atoms with Crippen molar-refractivity contribution < 1.29 is 14.4 Å². The van der Waals surface area contributed by atoms with Gasteiger partial charge in [0.25, 0.3) is 17.7 Å². The normalized spacial score (nSPS) is 13.3. The summed E-state index contributed by atoms with van der Waals surface area (Å²) in [6.07, 6.45) is 1.17. The van der Waals surface area contributed by atoms with E-state index in [4.69, 9.17) is 5.73 Å². The first-order valence-corrected chi connectivity index (χ1v) is 9.61. The number of hydrogen-bond acceptors (Lipinski definition) is 5. The van der Waals surface area contributed by atoms with Crippen LogP contribution in [-0.2, 0) is 12.8 Å². The Bertz CT molecular complexity index is 933. The SMILES string of the molecule is CNC(=O)c1ccc(-c2c(C(N)=O)c(CC(C)C)nc3c2C(=O)NCC3)s1. The summed E-state index contributed by atoms with van der Waals surface area (Å²) in [5.74, 6) is -0.846. The van der Waals surface area contributed by atoms with Gasteiger partial charge in [-0.1, -0.05) is 13.8 Å². The minimum absolute atomic E-state index is 0.221. The first-order valence-electron chi connectivity index (χ1n) is 8.79. The number of hydrogen-bond donors (Lipinski definition) is 3. The Morgan fingerprint density at radius 2 is 2.07 bits per heavy atom. The van der Waals surface area contributed by atoms with Gasteiger partial charge in [-0.2, -0.15) is 0 Å². The molecule has 0 spiro atoms. The van der Waals surface area contributed by atoms with Gasteiger partial charge in [0.15, 0.2) is 0 Å². The number of pyridine rings is 1. The Balaban J connectivity index is 2.32. The predicted molar refractivity (Wildman–Crippen MR) is 104 cm³/mol. The van der Waals surface area contributed by atoms with E-state index in [2.05, 4.69) is 15.6 Å². The Labute approximate surface area is 161 Å². The highest BCUT2D eigenvalue weighted by atomic mass is 32.1. The summed E-state index contributed by atoms with van der Waals surface area (Å²) in [7, 11) is 1.55. The molecule has 8 heteroatoms. The molecule has 0 saturated carbocycles. The highest BCUT2D eigenvalue weighted by Gasteiger charge is 2.30. The number of primary amides is 1. The van der Waals surface area contributed by atoms with Crippen LogP contribution < -0.4 is 16.4 Å². The second kappa shape index (κ2) is 7.48. The van der Waals surface area contributed by atoms with Crippen LogP contribution in [0.5, 0.6) is 0 Å². The van der Waals surface area contributed by atoms with Gasteiger partial charge < -0.3 is 16.4 Å². The molecule has 3 heterocycles. The van der Waals surface area contributed by atoms with Crippen molar-refractivity contribution in [3.05, 3.63) is 39.5 Å². The molecule has 0 bridgehead atoms. The van der Waals surface area contributed by atoms with Crippen molar-refractivity contribution in [1.82, 2.24) is 15.6 Å². The summed E-state index contributed by atoms with van der Waals surface area (Å²) in [4.78, 5) is 42.7. The maximum Gasteiger partial charge on any atom is 0.261 e. The molecule has 2 aromatic rings. The van der Waals surface area contributed by atoms with Crippen molar-refractivity contribution in [3.63, 3.8) is 0 Å². The lowest BCUT2D eigenvalue weighted by Gasteiger charge is -2.23. The first kappa shape index (κ1) is 19.0. The molecule has 0 radical (unpaired) electrons. The first-order chi connectivity index (χ1) is 12.8. The lowest BCUT2D eigenvalue weighted by atomic mass is 9.90. The zero-order valence-electron chi connectivity index (χ0n) is 15.5. The van der Waals surface area contributed by atoms with E-state index in [0.29, 0.717) is 51.7 Å². The Hall–Kier alpha value is -2.74. The molecule has 0 atom stereocenters. The van der Waals surface area contributed by atoms with Crippen molar-refractivity contribution in [2.45, 2.75) is 26.7 Å². The van der Waals surface area contributed by atoms with E-state index in [1.165, 1.54) is 11.3 Å². The van der Waals surface area contributed by atoms with Gasteiger partial charge in [-0.15, -0.1) is 11.3 Å². The minimum Gasteiger partial charge on any atom is -0.366 e. The van der Waals surface area contributed by atoms with Crippen LogP contribution in [0.25, 0.3) is 10.4 Å². The number of nitrogens with one attached hydrogen (secondary N) is 2. The molecule has 27 heavy (non-hydrogen) atoms. The molecule has 7 nitrogen and oxygen atoms in total. The van der Waals surface area contributed by atoms with Gasteiger partial charge >= 0.3 is 0 Å². The van der Waals surface area contributed by atoms with Gasteiger partial charge in [-0.3, -0.25) is 19.4 Å². The number of amides is 3. The van der Waals surface area contributed by atoms with Crippen LogP contribution >= 0.6 is 11.3 Å². The van der Waals surface area contributed by atoms with Gasteiger partial charge in [0.1, 0.15) is 0 Å². The lowest BCUT2D eigenvalue weighted by molar-refractivity contribution is 0.0943. The van der Waals surface area contributed by atoms with E-state index in [9.17, 15) is 14.4 Å². The number of nitrogens with zero attached hydrogens (tertiary/aromatic N) is 1. The summed E-state index contributed by atoms with van der Waals surface area (Å²) in [5, 5.41) is 5.39. The van der Waals surface area contributed by atoms with E-state index < -0.39 is 5.91 Å². The maximum absolute atomic E-state index is 12.6. The zero-order valence-corrected chi connectivity index (χ0v) is 16.3. The number of fused-ring (bicyclic) bond motifs is 1. The third kappa shape index (κ3) is 3.57. The zero-order chi connectivity index (χ0) is 19.7. The second-order valence-electron chi connectivity index (χ2n) is 6.84. The van der Waals surface area contributed by atoms with Crippen LogP contribution in [0.3, 0.4) is 0 Å². The van der Waals surface area contributed by atoms with Gasteiger partial charge in [0.05, 0.1) is 27.4 Å². The molecule has 0 aromatic carbocycles. The Morgan fingerprint density at radius 3 is 2.70 bits per heavy atom. The van der Waals surface area contributed by atoms with Crippen molar-refractivity contribution in [2.75, 3.05) is 13.6 Å². The van der Waals surface area contributed by atoms with E-state index in [0.717, 1.165) is 0 Å². The molecule has 0 saturated heterocycles. The number of rotatable bonds is 5. The Morgan fingerprint density at radius 1 is 1.33 bits per heavy atom. The summed E-state index contributed by atoms with van der Waals surface area (Å²) in [6, 6.07) is 3.43. The topological polar surface area (TPSA) is 114 Å². The van der Waals surface area contributed by atoms with Crippen molar-refractivity contribution >= 4 is 29.1 Å². The third-order valence-electron chi connectivity index (χ3n) is 4.37. The van der Waals surface area contributed by atoms with Crippen LogP contribution in [0.1, 0.15) is 55.6 Å². The van der Waals surface area contributed by atoms with E-state index in [-0.39, 0.29) is 23.3 Å². The van der Waals surface area contributed by atoms with E-state index in [1.807, 2.05) is 13.8 Å². The fourth-order valence-corrected chi connectivity index (χ4v) is 4.27. The van der Waals surface area contributed by atoms with Crippen LogP contribution in [0.2, 0.25) is 0 Å². The van der Waals surface area contributed by atoms with Gasteiger partial charge in [-0.05, 0) is 24.5 Å². The van der Waals surface area contributed by atoms with Crippen molar-refractivity contribution in [3.8, 4) is 10.4 Å². The maximum atomic E-state index is 12.6. The molecule has 4 N–H and O–H groups in total. The quantitative estimate of drug-likeness (QED) is 0.726. The minimum atomic E-state index is -0.621. The molecule has 0 fully saturated rings. The van der Waals surface area contributed by atoms with Crippen molar-refractivity contribution in [2.24, 2.45) is 11.7 Å². The Kier molecular flexibility index (Phi) is 5.27. The van der Waals surface area contributed by atoms with Crippen LogP contribution in [-0.4, -0.2) is 36.3 Å². The smallest absolute Gasteiger partial charge is 0.261 e. The molecule has 3 amide bonds. The molecule has 142 valence electrons. The van der Waals surface area contributed by atoms with E-state index in [1.54, 1.807) is 19.2 Å². The van der Waals surface area contributed by atoms with Crippen LogP contribution in [0.4, 0.5) is 0 Å². The number of aromatic nitrogens is 1. The average Bonchev–Trinajstić information content (AvgIpc) is 3.09. The predicted octanol–water partition coefficient (Wildman–Crippen LogP) is 1.75. The number of carbonyl (C=O) groups excluding carboxylic acids is 3. The van der Waals surface area contributed by atoms with Gasteiger partial charge in [-0.25, -0.2) is 0 Å². The molecule has 2 aromatic heterocycles. The standard InChI is InChI=1S/C19H22N4O3S/c1-9(2)8-11-14(17(20)24)16(12-4-5-13(27-12)18(25)21-3)15-10(23-11)6-7-22-19(15)26/h4-5,9H,6-8H2,1-3H3,(H2,20,24)(H,21,25)(H,22,26). The molecule has 0 unspecified atom stereocenters. The third-order valence-corrected chi connectivity index (χ3v) is 5.47.